The summed E-state index contributed by atoms with van der Waals surface area (Å²) in [6.07, 6.45) is 0. The Bertz CT molecular complexity index is 418. The molecule has 0 saturated carbocycles. The summed E-state index contributed by atoms with van der Waals surface area (Å²) in [5.41, 5.74) is 0.230. The summed E-state index contributed by atoms with van der Waals surface area (Å²) >= 11 is 0. The predicted octanol–water partition coefficient (Wildman–Crippen LogP) is -0.227. The molecule has 0 bridgehead atoms. The van der Waals surface area contributed by atoms with Gasteiger partial charge in [0.15, 0.2) is 5.69 Å². The van der Waals surface area contributed by atoms with Crippen LogP contribution in [-0.4, -0.2) is 41.6 Å². The Morgan fingerprint density at radius 1 is 1.33 bits per heavy atom. The van der Waals surface area contributed by atoms with Gasteiger partial charge in [0, 0.05) is 13.6 Å². The molecule has 1 aromatic heterocycles. The zero-order chi connectivity index (χ0) is 13.5. The molecule has 0 spiro atoms. The van der Waals surface area contributed by atoms with Crippen molar-refractivity contribution >= 4 is 17.6 Å². The average molecular weight is 251 g/mol. The van der Waals surface area contributed by atoms with Gasteiger partial charge in [-0.05, 0) is 26.0 Å². The summed E-state index contributed by atoms with van der Waals surface area (Å²) < 4.78 is 0. The van der Waals surface area contributed by atoms with Gasteiger partial charge in [0.1, 0.15) is 11.9 Å². The number of amides is 2. The average Bonchev–Trinajstić information content (AvgIpc) is 2.39. The fraction of sp³-hybridized carbons (Fsp3) is 0.455. The first kappa shape index (κ1) is 13.9. The van der Waals surface area contributed by atoms with E-state index in [1.54, 1.807) is 19.1 Å². The number of carbonyl (C=O) groups is 2. The highest BCUT2D eigenvalue weighted by atomic mass is 16.2. The van der Waals surface area contributed by atoms with E-state index in [1.165, 1.54) is 7.05 Å². The molecular formula is C11H17N5O2. The number of nitrogens with zero attached hydrogens (tertiary/aromatic N) is 2. The summed E-state index contributed by atoms with van der Waals surface area (Å²) in [5, 5.41) is 15.6. The lowest BCUT2D eigenvalue weighted by Crippen LogP contribution is -2.37. The third kappa shape index (κ3) is 3.69. The molecule has 7 nitrogen and oxygen atoms in total. The first-order valence-corrected chi connectivity index (χ1v) is 5.68. The van der Waals surface area contributed by atoms with Crippen LogP contribution in [0.2, 0.25) is 0 Å². The largest absolute Gasteiger partial charge is 0.357 e. The van der Waals surface area contributed by atoms with Gasteiger partial charge in [-0.2, -0.15) is 0 Å². The van der Waals surface area contributed by atoms with Crippen LogP contribution in [0.3, 0.4) is 0 Å². The van der Waals surface area contributed by atoms with Crippen LogP contribution in [-0.2, 0) is 4.79 Å². The standard InChI is InChI=1S/C11H17N5O2/c1-4-13-10(17)7(2)14-9-6-5-8(15-16-9)11(18)12-3/h5-7H,4H2,1-3H3,(H,12,18)(H,13,17)(H,14,16). The lowest BCUT2D eigenvalue weighted by molar-refractivity contribution is -0.121. The van der Waals surface area contributed by atoms with E-state index in [2.05, 4.69) is 26.1 Å². The normalized spacial score (nSPS) is 11.5. The summed E-state index contributed by atoms with van der Waals surface area (Å²) in [5.74, 6) is 0.0295. The van der Waals surface area contributed by atoms with Crippen molar-refractivity contribution in [2.45, 2.75) is 19.9 Å². The van der Waals surface area contributed by atoms with Crippen molar-refractivity contribution in [2.75, 3.05) is 18.9 Å². The fourth-order valence-electron chi connectivity index (χ4n) is 1.27. The summed E-state index contributed by atoms with van der Waals surface area (Å²) in [4.78, 5) is 22.7. The van der Waals surface area contributed by atoms with Crippen molar-refractivity contribution in [3.05, 3.63) is 17.8 Å². The number of nitrogens with one attached hydrogen (secondary N) is 3. The van der Waals surface area contributed by atoms with Gasteiger partial charge in [-0.15, -0.1) is 10.2 Å². The molecule has 18 heavy (non-hydrogen) atoms. The molecular weight excluding hydrogens is 234 g/mol. The molecule has 0 aliphatic rings. The van der Waals surface area contributed by atoms with Crippen molar-refractivity contribution < 1.29 is 9.59 Å². The van der Waals surface area contributed by atoms with E-state index >= 15 is 0 Å². The Hall–Kier alpha value is -2.18. The SMILES string of the molecule is CCNC(=O)C(C)Nc1ccc(C(=O)NC)nn1. The maximum atomic E-state index is 11.5. The molecule has 0 aromatic carbocycles. The molecule has 2 amide bonds. The van der Waals surface area contributed by atoms with E-state index in [1.807, 2.05) is 6.92 Å². The second-order valence-electron chi connectivity index (χ2n) is 3.64. The van der Waals surface area contributed by atoms with E-state index in [4.69, 9.17) is 0 Å². The molecule has 1 atom stereocenters. The summed E-state index contributed by atoms with van der Waals surface area (Å²) in [6, 6.07) is 2.73. The van der Waals surface area contributed by atoms with E-state index in [9.17, 15) is 9.59 Å². The molecule has 1 aromatic rings. The number of aromatic nitrogens is 2. The van der Waals surface area contributed by atoms with Crippen LogP contribution >= 0.6 is 0 Å². The Morgan fingerprint density at radius 2 is 2.06 bits per heavy atom. The van der Waals surface area contributed by atoms with E-state index in [-0.39, 0.29) is 17.5 Å². The van der Waals surface area contributed by atoms with Gasteiger partial charge in [0.2, 0.25) is 5.91 Å². The van der Waals surface area contributed by atoms with Crippen LogP contribution in [0.5, 0.6) is 0 Å². The Balaban J connectivity index is 2.63. The van der Waals surface area contributed by atoms with Gasteiger partial charge in [-0.3, -0.25) is 9.59 Å². The number of rotatable bonds is 5. The van der Waals surface area contributed by atoms with Crippen LogP contribution in [0.4, 0.5) is 5.82 Å². The lowest BCUT2D eigenvalue weighted by Gasteiger charge is -2.13. The van der Waals surface area contributed by atoms with Crippen LogP contribution in [0.15, 0.2) is 12.1 Å². The van der Waals surface area contributed by atoms with Crippen molar-refractivity contribution in [3.8, 4) is 0 Å². The Morgan fingerprint density at radius 3 is 2.56 bits per heavy atom. The van der Waals surface area contributed by atoms with Gasteiger partial charge >= 0.3 is 0 Å². The molecule has 1 unspecified atom stereocenters. The lowest BCUT2D eigenvalue weighted by atomic mass is 10.3. The molecule has 7 heteroatoms. The number of likely N-dealkylation sites (N-methyl/N-ethyl adjacent to an activating group) is 1. The molecule has 1 rings (SSSR count). The highest BCUT2D eigenvalue weighted by Gasteiger charge is 2.12. The Kier molecular flexibility index (Phi) is 5.04. The number of hydrogen-bond donors (Lipinski definition) is 3. The second kappa shape index (κ2) is 6.53. The zero-order valence-corrected chi connectivity index (χ0v) is 10.7. The Labute approximate surface area is 105 Å². The van der Waals surface area contributed by atoms with Gasteiger partial charge in [0.05, 0.1) is 0 Å². The molecule has 0 saturated heterocycles. The quantitative estimate of drug-likeness (QED) is 0.672. The molecule has 0 aliphatic heterocycles. The topological polar surface area (TPSA) is 96.0 Å². The third-order valence-corrected chi connectivity index (χ3v) is 2.23. The summed E-state index contributed by atoms with van der Waals surface area (Å²) in [6.45, 7) is 4.15. The number of carbonyl (C=O) groups excluding carboxylic acids is 2. The third-order valence-electron chi connectivity index (χ3n) is 2.23. The first-order chi connectivity index (χ1) is 8.58. The van der Waals surface area contributed by atoms with Crippen molar-refractivity contribution in [2.24, 2.45) is 0 Å². The van der Waals surface area contributed by atoms with E-state index < -0.39 is 6.04 Å². The maximum Gasteiger partial charge on any atom is 0.271 e. The highest BCUT2D eigenvalue weighted by molar-refractivity contribution is 5.92. The molecule has 98 valence electrons. The summed E-state index contributed by atoms with van der Waals surface area (Å²) in [7, 11) is 1.52. The van der Waals surface area contributed by atoms with Crippen LogP contribution in [0, 0.1) is 0 Å². The second-order valence-corrected chi connectivity index (χ2v) is 3.64. The van der Waals surface area contributed by atoms with Gasteiger partial charge in [-0.1, -0.05) is 0 Å². The smallest absolute Gasteiger partial charge is 0.271 e. The minimum absolute atomic E-state index is 0.116. The molecule has 0 aliphatic carbocycles. The zero-order valence-electron chi connectivity index (χ0n) is 10.7. The minimum atomic E-state index is -0.412. The van der Waals surface area contributed by atoms with Crippen LogP contribution < -0.4 is 16.0 Å². The van der Waals surface area contributed by atoms with Crippen molar-refractivity contribution in [1.82, 2.24) is 20.8 Å². The van der Waals surface area contributed by atoms with Gasteiger partial charge in [-0.25, -0.2) is 0 Å². The van der Waals surface area contributed by atoms with Crippen LogP contribution in [0.1, 0.15) is 24.3 Å². The van der Waals surface area contributed by atoms with Gasteiger partial charge < -0.3 is 16.0 Å². The molecule has 1 heterocycles. The van der Waals surface area contributed by atoms with Crippen LogP contribution in [0.25, 0.3) is 0 Å². The highest BCUT2D eigenvalue weighted by Crippen LogP contribution is 2.04. The van der Waals surface area contributed by atoms with E-state index in [0.717, 1.165) is 0 Å². The molecule has 0 fully saturated rings. The monoisotopic (exact) mass is 251 g/mol. The molecule has 0 radical (unpaired) electrons. The number of anilines is 1. The number of hydrogen-bond acceptors (Lipinski definition) is 5. The van der Waals surface area contributed by atoms with Crippen molar-refractivity contribution in [3.63, 3.8) is 0 Å². The predicted molar refractivity (Wildman–Crippen MR) is 67.2 cm³/mol. The van der Waals surface area contributed by atoms with E-state index in [0.29, 0.717) is 12.4 Å². The first-order valence-electron chi connectivity index (χ1n) is 5.68. The maximum absolute atomic E-state index is 11.5. The van der Waals surface area contributed by atoms with Crippen molar-refractivity contribution in [1.29, 1.82) is 0 Å². The minimum Gasteiger partial charge on any atom is -0.357 e. The molecule has 3 N–H and O–H groups in total. The van der Waals surface area contributed by atoms with Gasteiger partial charge in [0.25, 0.3) is 5.91 Å². The fourth-order valence-corrected chi connectivity index (χ4v) is 1.27.